The highest BCUT2D eigenvalue weighted by molar-refractivity contribution is 7.12. The first-order chi connectivity index (χ1) is 10.3. The van der Waals surface area contributed by atoms with E-state index >= 15 is 0 Å². The number of carbonyl (C=O) groups is 1. The van der Waals surface area contributed by atoms with Gasteiger partial charge in [0.15, 0.2) is 0 Å². The summed E-state index contributed by atoms with van der Waals surface area (Å²) in [5.41, 5.74) is 1.63. The van der Waals surface area contributed by atoms with Crippen LogP contribution in [0.25, 0.3) is 0 Å². The molecular formula is C19H20OS. The molecular weight excluding hydrogens is 276 g/mol. The molecule has 0 saturated carbocycles. The van der Waals surface area contributed by atoms with Crippen LogP contribution < -0.4 is 0 Å². The van der Waals surface area contributed by atoms with E-state index < -0.39 is 0 Å². The summed E-state index contributed by atoms with van der Waals surface area (Å²) >= 11 is 1.79. The number of aryl methyl sites for hydroxylation is 1. The molecule has 0 aliphatic heterocycles. The Labute approximate surface area is 131 Å². The van der Waals surface area contributed by atoms with Crippen LogP contribution >= 0.6 is 11.3 Å². The monoisotopic (exact) mass is 296 g/mol. The highest BCUT2D eigenvalue weighted by Gasteiger charge is 1.98. The first-order valence-corrected chi connectivity index (χ1v) is 8.29. The Morgan fingerprint density at radius 2 is 1.81 bits per heavy atom. The first-order valence-electron chi connectivity index (χ1n) is 7.48. The van der Waals surface area contributed by atoms with Crippen molar-refractivity contribution in [1.82, 2.24) is 0 Å². The van der Waals surface area contributed by atoms with Crippen LogP contribution in [0.3, 0.4) is 0 Å². The lowest BCUT2D eigenvalue weighted by Gasteiger charge is -1.96. The summed E-state index contributed by atoms with van der Waals surface area (Å²) in [6.07, 6.45) is 7.22. The molecule has 0 N–H and O–H groups in total. The molecule has 2 aromatic rings. The van der Waals surface area contributed by atoms with Crippen molar-refractivity contribution in [3.05, 3.63) is 57.3 Å². The number of thiophene rings is 1. The third-order valence-corrected chi connectivity index (χ3v) is 4.38. The summed E-state index contributed by atoms with van der Waals surface area (Å²) in [5.74, 6) is 6.35. The highest BCUT2D eigenvalue weighted by atomic mass is 32.1. The van der Waals surface area contributed by atoms with Gasteiger partial charge < -0.3 is 0 Å². The fourth-order valence-corrected chi connectivity index (χ4v) is 2.99. The summed E-state index contributed by atoms with van der Waals surface area (Å²) in [6.45, 7) is 2.24. The molecule has 0 aliphatic carbocycles. The van der Waals surface area contributed by atoms with Gasteiger partial charge >= 0.3 is 0 Å². The van der Waals surface area contributed by atoms with Crippen molar-refractivity contribution in [2.75, 3.05) is 0 Å². The maximum atomic E-state index is 10.6. The van der Waals surface area contributed by atoms with Crippen LogP contribution in [0.2, 0.25) is 0 Å². The van der Waals surface area contributed by atoms with Crippen molar-refractivity contribution in [3.63, 3.8) is 0 Å². The van der Waals surface area contributed by atoms with Crippen molar-refractivity contribution in [3.8, 4) is 11.8 Å². The Morgan fingerprint density at radius 3 is 2.52 bits per heavy atom. The predicted octanol–water partition coefficient (Wildman–Crippen LogP) is 5.08. The van der Waals surface area contributed by atoms with Crippen molar-refractivity contribution < 1.29 is 4.79 Å². The molecule has 1 aromatic carbocycles. The summed E-state index contributed by atoms with van der Waals surface area (Å²) < 4.78 is 0. The zero-order chi connectivity index (χ0) is 14.9. The molecule has 108 valence electrons. The standard InChI is InChI=1S/C19H20OS/c1-2-3-4-5-6-18-13-14-19(21-18)12-11-16-7-9-17(15-20)10-8-16/h7-10,13-15H,2-6H2,1H3. The van der Waals surface area contributed by atoms with Gasteiger partial charge in [-0.1, -0.05) is 50.2 Å². The lowest BCUT2D eigenvalue weighted by Crippen LogP contribution is -1.80. The molecule has 0 bridgehead atoms. The number of hydrogen-bond acceptors (Lipinski definition) is 2. The molecule has 0 saturated heterocycles. The average Bonchev–Trinajstić information content (AvgIpc) is 2.98. The van der Waals surface area contributed by atoms with Crippen LogP contribution in [0.5, 0.6) is 0 Å². The van der Waals surface area contributed by atoms with Gasteiger partial charge in [-0.25, -0.2) is 0 Å². The Bertz CT molecular complexity index is 626. The van der Waals surface area contributed by atoms with Crippen molar-refractivity contribution in [2.24, 2.45) is 0 Å². The van der Waals surface area contributed by atoms with Crippen molar-refractivity contribution in [1.29, 1.82) is 0 Å². The van der Waals surface area contributed by atoms with Crippen molar-refractivity contribution in [2.45, 2.75) is 39.0 Å². The van der Waals surface area contributed by atoms with E-state index in [-0.39, 0.29) is 0 Å². The Morgan fingerprint density at radius 1 is 1.00 bits per heavy atom. The minimum Gasteiger partial charge on any atom is -0.298 e. The van der Waals surface area contributed by atoms with Gasteiger partial charge in [0.25, 0.3) is 0 Å². The fourth-order valence-electron chi connectivity index (χ4n) is 2.08. The Kier molecular flexibility index (Phi) is 6.24. The minimum absolute atomic E-state index is 0.686. The van der Waals surface area contributed by atoms with E-state index in [2.05, 4.69) is 30.9 Å². The van der Waals surface area contributed by atoms with E-state index in [1.807, 2.05) is 12.1 Å². The van der Waals surface area contributed by atoms with Gasteiger partial charge in [-0.2, -0.15) is 0 Å². The van der Waals surface area contributed by atoms with E-state index in [4.69, 9.17) is 0 Å². The number of rotatable bonds is 6. The summed E-state index contributed by atoms with van der Waals surface area (Å²) in [4.78, 5) is 13.1. The average molecular weight is 296 g/mol. The minimum atomic E-state index is 0.686. The maximum absolute atomic E-state index is 10.6. The summed E-state index contributed by atoms with van der Waals surface area (Å²) in [7, 11) is 0. The van der Waals surface area contributed by atoms with E-state index in [1.165, 1.54) is 37.0 Å². The zero-order valence-corrected chi connectivity index (χ0v) is 13.2. The van der Waals surface area contributed by atoms with E-state index in [9.17, 15) is 4.79 Å². The SMILES string of the molecule is CCCCCCc1ccc(C#Cc2ccc(C=O)cc2)s1. The number of benzene rings is 1. The molecule has 0 fully saturated rings. The quantitative estimate of drug-likeness (QED) is 0.412. The maximum Gasteiger partial charge on any atom is 0.150 e. The van der Waals surface area contributed by atoms with E-state index in [0.717, 1.165) is 16.7 Å². The first kappa shape index (κ1) is 15.5. The van der Waals surface area contributed by atoms with Crippen LogP contribution in [-0.2, 0) is 6.42 Å². The molecule has 2 rings (SSSR count). The molecule has 1 nitrogen and oxygen atoms in total. The molecule has 0 atom stereocenters. The van der Waals surface area contributed by atoms with Crippen molar-refractivity contribution >= 4 is 17.6 Å². The van der Waals surface area contributed by atoms with Crippen LogP contribution in [0, 0.1) is 11.8 Å². The normalized spacial score (nSPS) is 9.95. The predicted molar refractivity (Wildman–Crippen MR) is 90.0 cm³/mol. The molecule has 21 heavy (non-hydrogen) atoms. The van der Waals surface area contributed by atoms with Gasteiger partial charge in [0, 0.05) is 16.0 Å². The summed E-state index contributed by atoms with van der Waals surface area (Å²) in [5, 5.41) is 0. The Balaban J connectivity index is 1.92. The topological polar surface area (TPSA) is 17.1 Å². The highest BCUT2D eigenvalue weighted by Crippen LogP contribution is 2.18. The number of hydrogen-bond donors (Lipinski definition) is 0. The molecule has 0 amide bonds. The molecule has 1 heterocycles. The lowest BCUT2D eigenvalue weighted by atomic mass is 10.1. The summed E-state index contributed by atoms with van der Waals surface area (Å²) in [6, 6.07) is 11.7. The lowest BCUT2D eigenvalue weighted by molar-refractivity contribution is 0.112. The van der Waals surface area contributed by atoms with Gasteiger partial charge in [-0.3, -0.25) is 4.79 Å². The number of carbonyl (C=O) groups excluding carboxylic acids is 1. The second-order valence-electron chi connectivity index (χ2n) is 5.07. The largest absolute Gasteiger partial charge is 0.298 e. The fraction of sp³-hybridized carbons (Fsp3) is 0.316. The second kappa shape index (κ2) is 8.44. The number of unbranched alkanes of at least 4 members (excludes halogenated alkanes) is 3. The van der Waals surface area contributed by atoms with E-state index in [0.29, 0.717) is 5.56 Å². The number of aldehydes is 1. The van der Waals surface area contributed by atoms with Crippen LogP contribution in [0.1, 0.15) is 58.3 Å². The zero-order valence-electron chi connectivity index (χ0n) is 12.4. The van der Waals surface area contributed by atoms with Gasteiger partial charge in [-0.15, -0.1) is 11.3 Å². The van der Waals surface area contributed by atoms with Crippen LogP contribution in [-0.4, -0.2) is 6.29 Å². The van der Waals surface area contributed by atoms with Gasteiger partial charge in [0.2, 0.25) is 0 Å². The molecule has 2 heteroatoms. The molecule has 0 spiro atoms. The van der Waals surface area contributed by atoms with Crippen LogP contribution in [0.15, 0.2) is 36.4 Å². The molecule has 0 unspecified atom stereocenters. The van der Waals surface area contributed by atoms with Gasteiger partial charge in [-0.05, 0) is 37.1 Å². The second-order valence-corrected chi connectivity index (χ2v) is 6.23. The van der Waals surface area contributed by atoms with Gasteiger partial charge in [0.05, 0.1) is 4.88 Å². The smallest absolute Gasteiger partial charge is 0.150 e. The third-order valence-electron chi connectivity index (χ3n) is 3.32. The third kappa shape index (κ3) is 5.21. The Hall–Kier alpha value is -1.85. The van der Waals surface area contributed by atoms with Gasteiger partial charge in [0.1, 0.15) is 6.29 Å². The molecule has 1 aromatic heterocycles. The molecule has 0 aliphatic rings. The van der Waals surface area contributed by atoms with Crippen LogP contribution in [0.4, 0.5) is 0 Å². The van der Waals surface area contributed by atoms with E-state index in [1.54, 1.807) is 23.5 Å². The molecule has 0 radical (unpaired) electrons.